The molecule has 0 bridgehead atoms. The van der Waals surface area contributed by atoms with Crippen molar-refractivity contribution in [1.29, 1.82) is 0 Å². The number of thiazole rings is 1. The smallest absolute Gasteiger partial charge is 0.338 e. The van der Waals surface area contributed by atoms with Crippen LogP contribution in [-0.2, 0) is 11.2 Å². The van der Waals surface area contributed by atoms with E-state index in [0.717, 1.165) is 22.6 Å². The van der Waals surface area contributed by atoms with Gasteiger partial charge in [0.25, 0.3) is 11.6 Å². The average Bonchev–Trinajstić information content (AvgIpc) is 3.16. The minimum absolute atomic E-state index is 0.0254. The summed E-state index contributed by atoms with van der Waals surface area (Å²) in [6.45, 7) is 3.76. The predicted molar refractivity (Wildman–Crippen MR) is 113 cm³/mol. The number of carbonyl (C=O) groups is 2. The molecular formula is C21H19N3O5S. The predicted octanol–water partition coefficient (Wildman–Crippen LogP) is 4.38. The number of esters is 1. The SMILES string of the molecule is CCOC(=O)c1cc(C(=O)Nc2ncc(Cc3ccc(C)cc3)s2)cc([N+](=O)[O-])c1. The molecule has 1 amide bonds. The first-order valence-corrected chi connectivity index (χ1v) is 9.95. The molecule has 3 aromatic rings. The molecule has 1 heterocycles. The Kier molecular flexibility index (Phi) is 6.53. The van der Waals surface area contributed by atoms with Crippen LogP contribution in [0.2, 0.25) is 0 Å². The first kappa shape index (κ1) is 21.1. The van der Waals surface area contributed by atoms with Crippen LogP contribution in [0.4, 0.5) is 10.8 Å². The molecule has 30 heavy (non-hydrogen) atoms. The van der Waals surface area contributed by atoms with Crippen LogP contribution in [0, 0.1) is 17.0 Å². The lowest BCUT2D eigenvalue weighted by Crippen LogP contribution is -2.14. The fraction of sp³-hybridized carbons (Fsp3) is 0.190. The number of amides is 1. The van der Waals surface area contributed by atoms with Gasteiger partial charge in [-0.1, -0.05) is 29.8 Å². The number of carbonyl (C=O) groups excluding carboxylic acids is 2. The number of non-ortho nitro benzene ring substituents is 1. The molecule has 0 aliphatic carbocycles. The zero-order valence-electron chi connectivity index (χ0n) is 16.4. The quantitative estimate of drug-likeness (QED) is 0.342. The Morgan fingerprint density at radius 1 is 1.17 bits per heavy atom. The summed E-state index contributed by atoms with van der Waals surface area (Å²) in [6.07, 6.45) is 2.36. The summed E-state index contributed by atoms with van der Waals surface area (Å²) in [5.41, 5.74) is 1.85. The molecule has 0 saturated carbocycles. The van der Waals surface area contributed by atoms with Gasteiger partial charge in [-0.25, -0.2) is 9.78 Å². The van der Waals surface area contributed by atoms with Crippen LogP contribution in [0.3, 0.4) is 0 Å². The highest BCUT2D eigenvalue weighted by Gasteiger charge is 2.19. The summed E-state index contributed by atoms with van der Waals surface area (Å²) in [4.78, 5) is 40.2. The molecule has 0 saturated heterocycles. The third-order valence-corrected chi connectivity index (χ3v) is 5.09. The van der Waals surface area contributed by atoms with E-state index < -0.39 is 16.8 Å². The highest BCUT2D eigenvalue weighted by Crippen LogP contribution is 2.23. The summed E-state index contributed by atoms with van der Waals surface area (Å²) in [6, 6.07) is 11.6. The standard InChI is InChI=1S/C21H19N3O5S/c1-3-29-20(26)16-9-15(10-17(11-16)24(27)28)19(25)23-21-22-12-18(30-21)8-14-6-4-13(2)5-7-14/h4-7,9-12H,3,8H2,1-2H3,(H,22,23,25). The van der Waals surface area contributed by atoms with Gasteiger partial charge < -0.3 is 4.74 Å². The van der Waals surface area contributed by atoms with E-state index in [1.54, 1.807) is 13.1 Å². The number of rotatable bonds is 7. The Balaban J connectivity index is 1.77. The monoisotopic (exact) mass is 425 g/mol. The molecule has 2 aromatic carbocycles. The molecule has 0 aliphatic rings. The second kappa shape index (κ2) is 9.27. The highest BCUT2D eigenvalue weighted by molar-refractivity contribution is 7.15. The van der Waals surface area contributed by atoms with Crippen molar-refractivity contribution in [1.82, 2.24) is 4.98 Å². The van der Waals surface area contributed by atoms with Crippen LogP contribution < -0.4 is 5.32 Å². The number of benzene rings is 2. The third kappa shape index (κ3) is 5.26. The van der Waals surface area contributed by atoms with Gasteiger partial charge in [-0.2, -0.15) is 0 Å². The molecule has 0 aliphatic heterocycles. The van der Waals surface area contributed by atoms with Crippen molar-refractivity contribution in [3.8, 4) is 0 Å². The molecule has 9 heteroatoms. The fourth-order valence-corrected chi connectivity index (χ4v) is 3.55. The van der Waals surface area contributed by atoms with Crippen LogP contribution in [-0.4, -0.2) is 28.4 Å². The van der Waals surface area contributed by atoms with E-state index in [2.05, 4.69) is 10.3 Å². The second-order valence-electron chi connectivity index (χ2n) is 6.49. The zero-order chi connectivity index (χ0) is 21.7. The Bertz CT molecular complexity index is 1090. The molecule has 8 nitrogen and oxygen atoms in total. The average molecular weight is 425 g/mol. The van der Waals surface area contributed by atoms with Crippen molar-refractivity contribution >= 4 is 34.0 Å². The topological polar surface area (TPSA) is 111 Å². The summed E-state index contributed by atoms with van der Waals surface area (Å²) in [5.74, 6) is -1.33. The molecule has 3 rings (SSSR count). The van der Waals surface area contributed by atoms with Gasteiger partial charge >= 0.3 is 5.97 Å². The number of nitrogens with zero attached hydrogens (tertiary/aromatic N) is 2. The van der Waals surface area contributed by atoms with Crippen molar-refractivity contribution in [2.45, 2.75) is 20.3 Å². The maximum absolute atomic E-state index is 12.6. The van der Waals surface area contributed by atoms with E-state index in [0.29, 0.717) is 11.6 Å². The van der Waals surface area contributed by atoms with E-state index in [-0.39, 0.29) is 23.4 Å². The molecule has 1 aromatic heterocycles. The number of aryl methyl sites for hydroxylation is 1. The van der Waals surface area contributed by atoms with Crippen LogP contribution in [0.25, 0.3) is 0 Å². The normalized spacial score (nSPS) is 10.5. The van der Waals surface area contributed by atoms with Crippen molar-refractivity contribution in [2.75, 3.05) is 11.9 Å². The first-order valence-electron chi connectivity index (χ1n) is 9.14. The number of nitro benzene ring substituents is 1. The van der Waals surface area contributed by atoms with Gasteiger partial charge in [0.15, 0.2) is 5.13 Å². The number of ether oxygens (including phenoxy) is 1. The Labute approximate surface area is 176 Å². The number of aromatic nitrogens is 1. The van der Waals surface area contributed by atoms with E-state index in [4.69, 9.17) is 4.74 Å². The highest BCUT2D eigenvalue weighted by atomic mass is 32.1. The number of hydrogen-bond acceptors (Lipinski definition) is 7. The van der Waals surface area contributed by atoms with E-state index in [9.17, 15) is 19.7 Å². The summed E-state index contributed by atoms with van der Waals surface area (Å²) >= 11 is 1.32. The van der Waals surface area contributed by atoms with Crippen molar-refractivity contribution in [3.63, 3.8) is 0 Å². The number of hydrogen-bond donors (Lipinski definition) is 1. The van der Waals surface area contributed by atoms with Crippen LogP contribution in [0.1, 0.15) is 43.6 Å². The maximum Gasteiger partial charge on any atom is 0.338 e. The second-order valence-corrected chi connectivity index (χ2v) is 7.61. The zero-order valence-corrected chi connectivity index (χ0v) is 17.2. The number of nitro groups is 1. The summed E-state index contributed by atoms with van der Waals surface area (Å²) < 4.78 is 4.88. The van der Waals surface area contributed by atoms with Gasteiger partial charge in [0.1, 0.15) is 0 Å². The molecule has 0 radical (unpaired) electrons. The van der Waals surface area contributed by atoms with E-state index in [1.165, 1.54) is 23.0 Å². The van der Waals surface area contributed by atoms with E-state index in [1.807, 2.05) is 31.2 Å². The minimum atomic E-state index is -0.732. The first-order chi connectivity index (χ1) is 14.4. The number of anilines is 1. The third-order valence-electron chi connectivity index (χ3n) is 4.17. The molecule has 0 spiro atoms. The molecular weight excluding hydrogens is 406 g/mol. The van der Waals surface area contributed by atoms with E-state index >= 15 is 0 Å². The molecule has 0 fully saturated rings. The maximum atomic E-state index is 12.6. The lowest BCUT2D eigenvalue weighted by atomic mass is 10.1. The fourth-order valence-electron chi connectivity index (χ4n) is 2.70. The van der Waals surface area contributed by atoms with Gasteiger partial charge in [0, 0.05) is 35.2 Å². The molecule has 154 valence electrons. The van der Waals surface area contributed by atoms with Crippen LogP contribution in [0.5, 0.6) is 0 Å². The Hall–Kier alpha value is -3.59. The Morgan fingerprint density at radius 3 is 2.53 bits per heavy atom. The van der Waals surface area contributed by atoms with Gasteiger partial charge in [-0.15, -0.1) is 11.3 Å². The Morgan fingerprint density at radius 2 is 1.87 bits per heavy atom. The van der Waals surface area contributed by atoms with Crippen molar-refractivity contribution in [3.05, 3.63) is 85.9 Å². The van der Waals surface area contributed by atoms with Crippen molar-refractivity contribution < 1.29 is 19.2 Å². The minimum Gasteiger partial charge on any atom is -0.462 e. The van der Waals surface area contributed by atoms with Gasteiger partial charge in [-0.3, -0.25) is 20.2 Å². The molecule has 0 atom stereocenters. The van der Waals surface area contributed by atoms with Gasteiger partial charge in [0.05, 0.1) is 17.1 Å². The largest absolute Gasteiger partial charge is 0.462 e. The summed E-state index contributed by atoms with van der Waals surface area (Å²) in [7, 11) is 0. The lowest BCUT2D eigenvalue weighted by molar-refractivity contribution is -0.384. The molecule has 1 N–H and O–H groups in total. The van der Waals surface area contributed by atoms with Crippen LogP contribution in [0.15, 0.2) is 48.7 Å². The van der Waals surface area contributed by atoms with Gasteiger partial charge in [-0.05, 0) is 25.5 Å². The molecule has 0 unspecified atom stereocenters. The van der Waals surface area contributed by atoms with Gasteiger partial charge in [0.2, 0.25) is 0 Å². The van der Waals surface area contributed by atoms with Crippen molar-refractivity contribution in [2.24, 2.45) is 0 Å². The lowest BCUT2D eigenvalue weighted by Gasteiger charge is -2.06. The summed E-state index contributed by atoms with van der Waals surface area (Å²) in [5, 5.41) is 14.2. The van der Waals surface area contributed by atoms with Crippen LogP contribution >= 0.6 is 11.3 Å². The number of nitrogens with one attached hydrogen (secondary N) is 1.